The maximum absolute atomic E-state index is 13.1. The van der Waals surface area contributed by atoms with E-state index in [4.69, 9.17) is 5.73 Å². The highest BCUT2D eigenvalue weighted by atomic mass is 19.1. The number of hydrogen-bond acceptors (Lipinski definition) is 3. The number of hydrogen-bond donors (Lipinski definition) is 3. The van der Waals surface area contributed by atoms with Crippen molar-refractivity contribution in [3.05, 3.63) is 41.6 Å². The van der Waals surface area contributed by atoms with Crippen LogP contribution in [-0.2, 0) is 0 Å². The third kappa shape index (κ3) is 2.35. The number of aliphatic hydroxyl groups is 1. The molecule has 1 atom stereocenters. The third-order valence-electron chi connectivity index (χ3n) is 2.60. The lowest BCUT2D eigenvalue weighted by molar-refractivity contribution is 0.177. The van der Waals surface area contributed by atoms with Crippen LogP contribution in [0, 0.1) is 12.7 Å². The third-order valence-corrected chi connectivity index (χ3v) is 2.60. The predicted molar refractivity (Wildman–Crippen MR) is 62.7 cm³/mol. The van der Waals surface area contributed by atoms with E-state index in [2.05, 4.69) is 9.97 Å². The molecule has 2 aromatic rings. The van der Waals surface area contributed by atoms with Gasteiger partial charge in [0.1, 0.15) is 17.7 Å². The van der Waals surface area contributed by atoms with E-state index in [-0.39, 0.29) is 12.4 Å². The molecule has 0 bridgehead atoms. The molecule has 0 saturated carbocycles. The maximum atomic E-state index is 13.1. The van der Waals surface area contributed by atoms with E-state index in [9.17, 15) is 9.50 Å². The molecule has 0 aliphatic carbocycles. The first kappa shape index (κ1) is 11.8. The van der Waals surface area contributed by atoms with Gasteiger partial charge in [-0.05, 0) is 30.7 Å². The molecule has 1 aromatic heterocycles. The van der Waals surface area contributed by atoms with Crippen molar-refractivity contribution in [2.24, 2.45) is 5.73 Å². The van der Waals surface area contributed by atoms with Crippen molar-refractivity contribution in [3.8, 4) is 11.3 Å². The van der Waals surface area contributed by atoms with Gasteiger partial charge in [-0.2, -0.15) is 0 Å². The van der Waals surface area contributed by atoms with E-state index in [0.29, 0.717) is 11.4 Å². The van der Waals surface area contributed by atoms with Crippen molar-refractivity contribution >= 4 is 0 Å². The molecule has 0 amide bonds. The highest BCUT2D eigenvalue weighted by Crippen LogP contribution is 2.21. The number of H-pyrrole nitrogens is 1. The quantitative estimate of drug-likeness (QED) is 0.755. The number of benzene rings is 1. The van der Waals surface area contributed by atoms with Crippen LogP contribution < -0.4 is 5.73 Å². The second kappa shape index (κ2) is 4.65. The summed E-state index contributed by atoms with van der Waals surface area (Å²) in [5.41, 5.74) is 7.46. The summed E-state index contributed by atoms with van der Waals surface area (Å²) in [6.07, 6.45) is 0.797. The number of aliphatic hydroxyl groups excluding tert-OH is 1. The Morgan fingerprint density at radius 1 is 1.53 bits per heavy atom. The van der Waals surface area contributed by atoms with Gasteiger partial charge in [0.25, 0.3) is 0 Å². The standard InChI is InChI=1S/C12H14FN3O/c1-7-4-8(2-3-9(7)13)10-6-15-12(16-10)11(17)5-14/h2-4,6,11,17H,5,14H2,1H3,(H,15,16). The Morgan fingerprint density at radius 3 is 2.94 bits per heavy atom. The SMILES string of the molecule is Cc1cc(-c2cnc(C(O)CN)[nH]2)ccc1F. The largest absolute Gasteiger partial charge is 0.384 e. The number of imidazole rings is 1. The highest BCUT2D eigenvalue weighted by molar-refractivity contribution is 5.59. The number of aryl methyl sites for hydroxylation is 1. The van der Waals surface area contributed by atoms with Crippen LogP contribution in [0.2, 0.25) is 0 Å². The first-order valence-corrected chi connectivity index (χ1v) is 5.31. The molecule has 1 aromatic carbocycles. The summed E-state index contributed by atoms with van der Waals surface area (Å²) in [6.45, 7) is 1.81. The smallest absolute Gasteiger partial charge is 0.136 e. The Labute approximate surface area is 98.3 Å². The zero-order valence-corrected chi connectivity index (χ0v) is 9.44. The van der Waals surface area contributed by atoms with Crippen LogP contribution in [-0.4, -0.2) is 21.6 Å². The number of aromatic amines is 1. The molecule has 0 aliphatic rings. The summed E-state index contributed by atoms with van der Waals surface area (Å²) < 4.78 is 13.1. The van der Waals surface area contributed by atoms with E-state index in [1.54, 1.807) is 25.3 Å². The Balaban J connectivity index is 2.33. The Morgan fingerprint density at radius 2 is 2.29 bits per heavy atom. The molecule has 5 heteroatoms. The summed E-state index contributed by atoms with van der Waals surface area (Å²) >= 11 is 0. The maximum Gasteiger partial charge on any atom is 0.136 e. The van der Waals surface area contributed by atoms with E-state index >= 15 is 0 Å². The number of aromatic nitrogens is 2. The van der Waals surface area contributed by atoms with Crippen LogP contribution in [0.5, 0.6) is 0 Å². The molecule has 0 saturated heterocycles. The number of nitrogens with one attached hydrogen (secondary N) is 1. The average molecular weight is 235 g/mol. The molecule has 1 unspecified atom stereocenters. The summed E-state index contributed by atoms with van der Waals surface area (Å²) in [5, 5.41) is 9.51. The van der Waals surface area contributed by atoms with E-state index in [0.717, 1.165) is 11.3 Å². The summed E-state index contributed by atoms with van der Waals surface area (Å²) in [4.78, 5) is 7.00. The van der Waals surface area contributed by atoms with Crippen LogP contribution in [0.4, 0.5) is 4.39 Å². The van der Waals surface area contributed by atoms with Crippen LogP contribution in [0.3, 0.4) is 0 Å². The van der Waals surface area contributed by atoms with Crippen molar-refractivity contribution in [2.45, 2.75) is 13.0 Å². The molecule has 1 heterocycles. The van der Waals surface area contributed by atoms with Gasteiger partial charge >= 0.3 is 0 Å². The minimum atomic E-state index is -0.801. The summed E-state index contributed by atoms with van der Waals surface area (Å²) in [6, 6.07) is 4.79. The fourth-order valence-electron chi connectivity index (χ4n) is 1.58. The number of nitrogens with two attached hydrogens (primary N) is 1. The zero-order valence-electron chi connectivity index (χ0n) is 9.44. The van der Waals surface area contributed by atoms with Crippen molar-refractivity contribution in [3.63, 3.8) is 0 Å². The molecule has 90 valence electrons. The molecular formula is C12H14FN3O. The summed E-state index contributed by atoms with van der Waals surface area (Å²) in [7, 11) is 0. The number of nitrogens with zero attached hydrogens (tertiary/aromatic N) is 1. The van der Waals surface area contributed by atoms with Gasteiger partial charge in [0.05, 0.1) is 11.9 Å². The predicted octanol–water partition coefficient (Wildman–Crippen LogP) is 1.52. The van der Waals surface area contributed by atoms with Gasteiger partial charge in [-0.25, -0.2) is 9.37 Å². The van der Waals surface area contributed by atoms with Crippen molar-refractivity contribution < 1.29 is 9.50 Å². The number of rotatable bonds is 3. The Hall–Kier alpha value is -1.72. The lowest BCUT2D eigenvalue weighted by Crippen LogP contribution is -2.12. The molecule has 0 spiro atoms. The monoisotopic (exact) mass is 235 g/mol. The zero-order chi connectivity index (χ0) is 12.4. The fraction of sp³-hybridized carbons (Fsp3) is 0.250. The Bertz CT molecular complexity index is 524. The van der Waals surface area contributed by atoms with Crippen molar-refractivity contribution in [1.82, 2.24) is 9.97 Å². The van der Waals surface area contributed by atoms with Crippen LogP contribution in [0.15, 0.2) is 24.4 Å². The second-order valence-electron chi connectivity index (χ2n) is 3.90. The van der Waals surface area contributed by atoms with Crippen LogP contribution in [0.25, 0.3) is 11.3 Å². The average Bonchev–Trinajstić information content (AvgIpc) is 2.81. The fourth-order valence-corrected chi connectivity index (χ4v) is 1.58. The van der Waals surface area contributed by atoms with Crippen molar-refractivity contribution in [1.29, 1.82) is 0 Å². The minimum absolute atomic E-state index is 0.107. The first-order valence-electron chi connectivity index (χ1n) is 5.31. The van der Waals surface area contributed by atoms with Gasteiger partial charge in [-0.3, -0.25) is 0 Å². The molecule has 0 radical (unpaired) electrons. The summed E-state index contributed by atoms with van der Waals surface area (Å²) in [5.74, 6) is 0.181. The van der Waals surface area contributed by atoms with Gasteiger partial charge in [-0.15, -0.1) is 0 Å². The number of halogens is 1. The molecule has 4 nitrogen and oxygen atoms in total. The van der Waals surface area contributed by atoms with E-state index in [1.807, 2.05) is 0 Å². The van der Waals surface area contributed by atoms with Gasteiger partial charge in [0.2, 0.25) is 0 Å². The van der Waals surface area contributed by atoms with Gasteiger partial charge < -0.3 is 15.8 Å². The topological polar surface area (TPSA) is 74.9 Å². The normalized spacial score (nSPS) is 12.7. The molecule has 4 N–H and O–H groups in total. The lowest BCUT2D eigenvalue weighted by Gasteiger charge is -2.03. The Kier molecular flexibility index (Phi) is 3.21. The van der Waals surface area contributed by atoms with Crippen LogP contribution >= 0.6 is 0 Å². The lowest BCUT2D eigenvalue weighted by atomic mass is 10.1. The van der Waals surface area contributed by atoms with Gasteiger partial charge in [0, 0.05) is 12.1 Å². The van der Waals surface area contributed by atoms with Gasteiger partial charge in [-0.1, -0.05) is 0 Å². The first-order chi connectivity index (χ1) is 8.11. The van der Waals surface area contributed by atoms with E-state index in [1.165, 1.54) is 6.07 Å². The molecular weight excluding hydrogens is 221 g/mol. The minimum Gasteiger partial charge on any atom is -0.384 e. The highest BCUT2D eigenvalue weighted by Gasteiger charge is 2.10. The second-order valence-corrected chi connectivity index (χ2v) is 3.90. The molecule has 0 aliphatic heterocycles. The molecule has 17 heavy (non-hydrogen) atoms. The van der Waals surface area contributed by atoms with Crippen LogP contribution in [0.1, 0.15) is 17.5 Å². The van der Waals surface area contributed by atoms with E-state index < -0.39 is 6.10 Å². The molecule has 2 rings (SSSR count). The van der Waals surface area contributed by atoms with Gasteiger partial charge in [0.15, 0.2) is 0 Å². The molecule has 0 fully saturated rings. The van der Waals surface area contributed by atoms with Crippen molar-refractivity contribution in [2.75, 3.05) is 6.54 Å².